The van der Waals surface area contributed by atoms with Crippen molar-refractivity contribution in [1.29, 1.82) is 5.26 Å². The topological polar surface area (TPSA) is 90.6 Å². The number of halogens is 1. The summed E-state index contributed by atoms with van der Waals surface area (Å²) in [5.74, 6) is -1.56. The molecule has 0 bridgehead atoms. The third-order valence-corrected chi connectivity index (χ3v) is 4.64. The zero-order chi connectivity index (χ0) is 20.1. The number of β-amino-alcohol motifs (C(OH)–C–C–N with tert-alkyl or cyclic N) is 1. The van der Waals surface area contributed by atoms with Gasteiger partial charge in [0.05, 0.1) is 24.2 Å². The number of esters is 1. The highest BCUT2D eigenvalue weighted by atomic mass is 19.1. The van der Waals surface area contributed by atoms with Crippen LogP contribution in [0.25, 0.3) is 0 Å². The Morgan fingerprint density at radius 2 is 1.93 bits per heavy atom. The lowest BCUT2D eigenvalue weighted by atomic mass is 10.1. The summed E-state index contributed by atoms with van der Waals surface area (Å²) in [6.45, 7) is -0.00357. The molecule has 3 rings (SSSR count). The molecule has 2 aromatic rings. The molecule has 0 saturated carbocycles. The van der Waals surface area contributed by atoms with E-state index < -0.39 is 29.8 Å². The van der Waals surface area contributed by atoms with Crippen LogP contribution in [0.1, 0.15) is 23.1 Å². The summed E-state index contributed by atoms with van der Waals surface area (Å²) in [4.78, 5) is 26.3. The molecule has 0 aliphatic carbocycles. The van der Waals surface area contributed by atoms with Gasteiger partial charge in [0, 0.05) is 13.0 Å². The van der Waals surface area contributed by atoms with Crippen LogP contribution in [-0.2, 0) is 27.4 Å². The summed E-state index contributed by atoms with van der Waals surface area (Å²) in [5.41, 5.74) is 1.44. The van der Waals surface area contributed by atoms with Crippen LogP contribution < -0.4 is 0 Å². The van der Waals surface area contributed by atoms with Gasteiger partial charge in [-0.3, -0.25) is 4.79 Å². The van der Waals surface area contributed by atoms with E-state index in [1.807, 2.05) is 6.07 Å². The fourth-order valence-electron chi connectivity index (χ4n) is 3.15. The quantitative estimate of drug-likeness (QED) is 0.798. The Labute approximate surface area is 161 Å². The predicted octanol–water partition coefficient (Wildman–Crippen LogP) is 1.95. The molecule has 1 aliphatic rings. The first kappa shape index (κ1) is 19.5. The van der Waals surface area contributed by atoms with Crippen molar-refractivity contribution in [2.75, 3.05) is 6.54 Å². The number of carbonyl (C=O) groups is 2. The molecule has 144 valence electrons. The lowest BCUT2D eigenvalue weighted by Gasteiger charge is -2.23. The van der Waals surface area contributed by atoms with Crippen LogP contribution in [-0.4, -0.2) is 40.6 Å². The van der Waals surface area contributed by atoms with Crippen molar-refractivity contribution in [2.45, 2.75) is 31.6 Å². The van der Waals surface area contributed by atoms with Crippen molar-refractivity contribution in [3.63, 3.8) is 0 Å². The number of ether oxygens (including phenoxy) is 1. The van der Waals surface area contributed by atoms with Crippen molar-refractivity contribution in [1.82, 2.24) is 4.90 Å². The summed E-state index contributed by atoms with van der Waals surface area (Å²) in [7, 11) is 0. The lowest BCUT2D eigenvalue weighted by Crippen LogP contribution is -2.42. The molecule has 0 spiro atoms. The molecular weight excluding hydrogens is 363 g/mol. The first-order valence-electron chi connectivity index (χ1n) is 8.84. The molecule has 1 heterocycles. The molecule has 2 atom stereocenters. The van der Waals surface area contributed by atoms with Crippen LogP contribution in [0, 0.1) is 17.1 Å². The molecule has 0 radical (unpaired) electrons. The number of likely N-dealkylation sites (tertiary alicyclic amines) is 1. The van der Waals surface area contributed by atoms with Crippen LogP contribution in [0.5, 0.6) is 0 Å². The van der Waals surface area contributed by atoms with Crippen molar-refractivity contribution >= 4 is 11.9 Å². The van der Waals surface area contributed by atoms with E-state index >= 15 is 0 Å². The summed E-state index contributed by atoms with van der Waals surface area (Å²) in [6, 6.07) is 13.6. The average Bonchev–Trinajstić information content (AvgIpc) is 3.10. The molecule has 7 heteroatoms. The predicted molar refractivity (Wildman–Crippen MR) is 97.2 cm³/mol. The van der Waals surface area contributed by atoms with Crippen molar-refractivity contribution in [3.05, 3.63) is 71.0 Å². The standard InChI is InChI=1S/C21H19FN2O4/c22-18-4-2-1-3-16(18)9-20(26)24-12-17(25)10-19(24)21(27)28-13-15-7-5-14(11-23)6-8-15/h1-8,17,19,25H,9-10,12-13H2. The normalized spacial score (nSPS) is 18.5. The summed E-state index contributed by atoms with van der Waals surface area (Å²) in [6.07, 6.45) is -0.953. The molecule has 1 aliphatic heterocycles. The van der Waals surface area contributed by atoms with Gasteiger partial charge in [-0.1, -0.05) is 30.3 Å². The summed E-state index contributed by atoms with van der Waals surface area (Å²) in [5, 5.41) is 18.7. The monoisotopic (exact) mass is 382 g/mol. The minimum atomic E-state index is -0.910. The number of aliphatic hydroxyl groups excluding tert-OH is 1. The van der Waals surface area contributed by atoms with Gasteiger partial charge < -0.3 is 14.7 Å². The van der Waals surface area contributed by atoms with Gasteiger partial charge in [0.25, 0.3) is 0 Å². The Morgan fingerprint density at radius 1 is 1.21 bits per heavy atom. The zero-order valence-electron chi connectivity index (χ0n) is 15.0. The van der Waals surface area contributed by atoms with Gasteiger partial charge in [-0.05, 0) is 29.3 Å². The molecular formula is C21H19FN2O4. The van der Waals surface area contributed by atoms with E-state index in [1.165, 1.54) is 23.1 Å². The van der Waals surface area contributed by atoms with Crippen LogP contribution >= 0.6 is 0 Å². The van der Waals surface area contributed by atoms with E-state index in [9.17, 15) is 19.1 Å². The molecule has 1 amide bonds. The highest BCUT2D eigenvalue weighted by molar-refractivity contribution is 5.86. The third kappa shape index (κ3) is 4.53. The van der Waals surface area contributed by atoms with Gasteiger partial charge in [0.2, 0.25) is 5.91 Å². The molecule has 1 fully saturated rings. The third-order valence-electron chi connectivity index (χ3n) is 4.64. The maximum absolute atomic E-state index is 13.8. The highest BCUT2D eigenvalue weighted by Crippen LogP contribution is 2.22. The first-order chi connectivity index (χ1) is 13.5. The maximum Gasteiger partial charge on any atom is 0.329 e. The van der Waals surface area contributed by atoms with Gasteiger partial charge in [-0.15, -0.1) is 0 Å². The van der Waals surface area contributed by atoms with Gasteiger partial charge >= 0.3 is 5.97 Å². The van der Waals surface area contributed by atoms with Crippen LogP contribution in [0.15, 0.2) is 48.5 Å². The second-order valence-corrected chi connectivity index (χ2v) is 6.64. The number of hydrogen-bond acceptors (Lipinski definition) is 5. The zero-order valence-corrected chi connectivity index (χ0v) is 15.0. The number of benzene rings is 2. The maximum atomic E-state index is 13.8. The Morgan fingerprint density at radius 3 is 2.61 bits per heavy atom. The Bertz CT molecular complexity index is 907. The number of aliphatic hydroxyl groups is 1. The molecule has 0 aromatic heterocycles. The highest BCUT2D eigenvalue weighted by Gasteiger charge is 2.39. The number of amides is 1. The Kier molecular flexibility index (Phi) is 6.02. The minimum absolute atomic E-state index is 0.00389. The second kappa shape index (κ2) is 8.63. The summed E-state index contributed by atoms with van der Waals surface area (Å²) >= 11 is 0. The van der Waals surface area contributed by atoms with E-state index in [2.05, 4.69) is 0 Å². The average molecular weight is 382 g/mol. The minimum Gasteiger partial charge on any atom is -0.459 e. The van der Waals surface area contributed by atoms with Crippen molar-refractivity contribution in [2.24, 2.45) is 0 Å². The van der Waals surface area contributed by atoms with Crippen molar-refractivity contribution < 1.29 is 23.8 Å². The number of rotatable bonds is 5. The summed E-state index contributed by atoms with van der Waals surface area (Å²) < 4.78 is 19.1. The number of carbonyl (C=O) groups excluding carboxylic acids is 2. The molecule has 28 heavy (non-hydrogen) atoms. The fraction of sp³-hybridized carbons (Fsp3) is 0.286. The molecule has 1 N–H and O–H groups in total. The smallest absolute Gasteiger partial charge is 0.329 e. The van der Waals surface area contributed by atoms with Gasteiger partial charge in [0.1, 0.15) is 18.5 Å². The van der Waals surface area contributed by atoms with Crippen molar-refractivity contribution in [3.8, 4) is 6.07 Å². The van der Waals surface area contributed by atoms with E-state index in [-0.39, 0.29) is 31.6 Å². The number of hydrogen-bond donors (Lipinski definition) is 1. The van der Waals surface area contributed by atoms with Crippen LogP contribution in [0.2, 0.25) is 0 Å². The SMILES string of the molecule is N#Cc1ccc(COC(=O)C2CC(O)CN2C(=O)Cc2ccccc2F)cc1. The van der Waals surface area contributed by atoms with Crippen LogP contribution in [0.4, 0.5) is 4.39 Å². The molecule has 2 unspecified atom stereocenters. The van der Waals surface area contributed by atoms with E-state index in [0.717, 1.165) is 0 Å². The van der Waals surface area contributed by atoms with E-state index in [4.69, 9.17) is 10.00 Å². The largest absolute Gasteiger partial charge is 0.459 e. The first-order valence-corrected chi connectivity index (χ1v) is 8.84. The van der Waals surface area contributed by atoms with Gasteiger partial charge in [0.15, 0.2) is 0 Å². The number of nitriles is 1. The lowest BCUT2D eigenvalue weighted by molar-refractivity contribution is -0.154. The number of nitrogens with zero attached hydrogens (tertiary/aromatic N) is 2. The van der Waals surface area contributed by atoms with Gasteiger partial charge in [-0.2, -0.15) is 5.26 Å². The fourth-order valence-corrected chi connectivity index (χ4v) is 3.15. The Balaban J connectivity index is 1.63. The Hall–Kier alpha value is -3.24. The van der Waals surface area contributed by atoms with E-state index in [0.29, 0.717) is 11.1 Å². The van der Waals surface area contributed by atoms with Crippen LogP contribution in [0.3, 0.4) is 0 Å². The molecule has 1 saturated heterocycles. The molecule has 6 nitrogen and oxygen atoms in total. The molecule has 2 aromatic carbocycles. The second-order valence-electron chi connectivity index (χ2n) is 6.64. The van der Waals surface area contributed by atoms with Gasteiger partial charge in [-0.25, -0.2) is 9.18 Å². The van der Waals surface area contributed by atoms with E-state index in [1.54, 1.807) is 30.3 Å².